The van der Waals surface area contributed by atoms with Crippen molar-refractivity contribution >= 4 is 38.9 Å². The van der Waals surface area contributed by atoms with E-state index in [1.807, 2.05) is 13.0 Å². The smallest absolute Gasteiger partial charge is 0.265 e. The summed E-state index contributed by atoms with van der Waals surface area (Å²) in [4.78, 5) is 12.3. The average Bonchev–Trinajstić information content (AvgIpc) is 2.57. The van der Waals surface area contributed by atoms with Crippen molar-refractivity contribution in [3.63, 3.8) is 0 Å². The van der Waals surface area contributed by atoms with Crippen molar-refractivity contribution in [1.29, 1.82) is 0 Å². The number of benzene rings is 2. The summed E-state index contributed by atoms with van der Waals surface area (Å²) in [5, 5.41) is 3.32. The number of hydrogen-bond acceptors (Lipinski definition) is 4. The Morgan fingerprint density at radius 1 is 1.19 bits per heavy atom. The van der Waals surface area contributed by atoms with Crippen LogP contribution in [-0.2, 0) is 14.8 Å². The van der Waals surface area contributed by atoms with E-state index in [-0.39, 0.29) is 5.91 Å². The molecule has 26 heavy (non-hydrogen) atoms. The lowest BCUT2D eigenvalue weighted by atomic mass is 10.2. The zero-order valence-electron chi connectivity index (χ0n) is 15.0. The molecule has 0 aliphatic carbocycles. The van der Waals surface area contributed by atoms with Crippen molar-refractivity contribution < 1.29 is 17.9 Å². The predicted molar refractivity (Wildman–Crippen MR) is 105 cm³/mol. The van der Waals surface area contributed by atoms with Crippen LogP contribution in [-0.4, -0.2) is 33.7 Å². The first-order valence-electron chi connectivity index (χ1n) is 7.85. The molecule has 0 aliphatic heterocycles. The van der Waals surface area contributed by atoms with Gasteiger partial charge in [0.05, 0.1) is 11.9 Å². The van der Waals surface area contributed by atoms with Gasteiger partial charge in [-0.25, -0.2) is 8.42 Å². The first-order chi connectivity index (χ1) is 12.1. The zero-order valence-corrected chi connectivity index (χ0v) is 16.6. The number of anilines is 2. The fourth-order valence-corrected chi connectivity index (χ4v) is 2.82. The van der Waals surface area contributed by atoms with E-state index in [1.165, 1.54) is 7.05 Å². The maximum absolute atomic E-state index is 12.3. The second-order valence-corrected chi connectivity index (χ2v) is 8.38. The van der Waals surface area contributed by atoms with Crippen LogP contribution < -0.4 is 14.4 Å². The van der Waals surface area contributed by atoms with Gasteiger partial charge in [-0.2, -0.15) is 0 Å². The first-order valence-corrected chi connectivity index (χ1v) is 10.1. The molecule has 8 heteroatoms. The second kappa shape index (κ2) is 7.97. The standard InChI is InChI=1S/C18H21ClN2O4S/c1-12-5-6-14(19)11-17(12)20-18(22)13(2)25-16-9-7-15(8-10-16)21(3)26(4,23)24/h5-11,13H,1-4H3,(H,20,22)/t13-/m0/s1. The maximum Gasteiger partial charge on any atom is 0.265 e. The molecular weight excluding hydrogens is 376 g/mol. The molecule has 6 nitrogen and oxygen atoms in total. The average molecular weight is 397 g/mol. The molecule has 0 fully saturated rings. The molecule has 0 spiro atoms. The van der Waals surface area contributed by atoms with E-state index in [4.69, 9.17) is 16.3 Å². The van der Waals surface area contributed by atoms with Crippen LogP contribution in [0.25, 0.3) is 0 Å². The molecule has 1 atom stereocenters. The Labute approximate surface area is 158 Å². The second-order valence-electron chi connectivity index (χ2n) is 5.93. The Balaban J connectivity index is 2.04. The molecule has 0 aliphatic rings. The molecule has 0 unspecified atom stereocenters. The summed E-state index contributed by atoms with van der Waals surface area (Å²) < 4.78 is 29.9. The minimum Gasteiger partial charge on any atom is -0.481 e. The van der Waals surface area contributed by atoms with Crippen molar-refractivity contribution in [2.75, 3.05) is 22.9 Å². The molecule has 0 heterocycles. The summed E-state index contributed by atoms with van der Waals surface area (Å²) in [5.41, 5.74) is 2.03. The number of carbonyl (C=O) groups excluding carboxylic acids is 1. The highest BCUT2D eigenvalue weighted by Gasteiger charge is 2.17. The van der Waals surface area contributed by atoms with Gasteiger partial charge < -0.3 is 10.1 Å². The van der Waals surface area contributed by atoms with Crippen molar-refractivity contribution in [1.82, 2.24) is 0 Å². The van der Waals surface area contributed by atoms with Crippen LogP contribution in [0.3, 0.4) is 0 Å². The van der Waals surface area contributed by atoms with Crippen molar-refractivity contribution in [2.45, 2.75) is 20.0 Å². The van der Waals surface area contributed by atoms with Gasteiger partial charge in [0.15, 0.2) is 6.10 Å². The van der Waals surface area contributed by atoms with Gasteiger partial charge in [-0.15, -0.1) is 0 Å². The van der Waals surface area contributed by atoms with Crippen molar-refractivity contribution in [3.05, 3.63) is 53.1 Å². The molecule has 2 rings (SSSR count). The number of carbonyl (C=O) groups is 1. The van der Waals surface area contributed by atoms with Gasteiger partial charge in [0, 0.05) is 17.8 Å². The third-order valence-corrected chi connectivity index (χ3v) is 5.28. The van der Waals surface area contributed by atoms with Crippen molar-refractivity contribution in [3.8, 4) is 5.75 Å². The third-order valence-electron chi connectivity index (χ3n) is 3.84. The van der Waals surface area contributed by atoms with E-state index in [2.05, 4.69) is 5.32 Å². The fourth-order valence-electron chi connectivity index (χ4n) is 2.15. The SMILES string of the molecule is Cc1ccc(Cl)cc1NC(=O)[C@H](C)Oc1ccc(N(C)S(C)(=O)=O)cc1. The largest absolute Gasteiger partial charge is 0.481 e. The molecule has 140 valence electrons. The number of rotatable bonds is 6. The summed E-state index contributed by atoms with van der Waals surface area (Å²) in [7, 11) is -1.86. The van der Waals surface area contributed by atoms with Crippen LogP contribution in [0.2, 0.25) is 5.02 Å². The third kappa shape index (κ3) is 5.12. The van der Waals surface area contributed by atoms with E-state index in [0.29, 0.717) is 22.1 Å². The van der Waals surface area contributed by atoms with Gasteiger partial charge in [-0.05, 0) is 55.8 Å². The topological polar surface area (TPSA) is 75.7 Å². The van der Waals surface area contributed by atoms with Crippen LogP contribution in [0.5, 0.6) is 5.75 Å². The number of ether oxygens (including phenoxy) is 1. The molecule has 0 bridgehead atoms. The number of halogens is 1. The van der Waals surface area contributed by atoms with Crippen LogP contribution >= 0.6 is 11.6 Å². The van der Waals surface area contributed by atoms with Crippen molar-refractivity contribution in [2.24, 2.45) is 0 Å². The number of aryl methyl sites for hydroxylation is 1. The van der Waals surface area contributed by atoms with Gasteiger partial charge in [0.25, 0.3) is 5.91 Å². The predicted octanol–water partition coefficient (Wildman–Crippen LogP) is 3.45. The lowest BCUT2D eigenvalue weighted by Crippen LogP contribution is -2.30. The minimum atomic E-state index is -3.33. The molecule has 0 saturated carbocycles. The van der Waals surface area contributed by atoms with E-state index in [0.717, 1.165) is 16.1 Å². The lowest BCUT2D eigenvalue weighted by Gasteiger charge is -2.18. The Morgan fingerprint density at radius 2 is 1.81 bits per heavy atom. The fraction of sp³-hybridized carbons (Fsp3) is 0.278. The quantitative estimate of drug-likeness (QED) is 0.811. The number of hydrogen-bond donors (Lipinski definition) is 1. The Hall–Kier alpha value is -2.25. The Kier molecular flexibility index (Phi) is 6.15. The minimum absolute atomic E-state index is 0.312. The summed E-state index contributed by atoms with van der Waals surface area (Å²) in [6.45, 7) is 3.50. The molecule has 0 radical (unpaired) electrons. The summed E-state index contributed by atoms with van der Waals surface area (Å²) >= 11 is 5.95. The zero-order chi connectivity index (χ0) is 19.5. The van der Waals surface area contributed by atoms with Gasteiger partial charge in [0.2, 0.25) is 10.0 Å². The summed E-state index contributed by atoms with van der Waals surface area (Å²) in [5.74, 6) is 0.147. The summed E-state index contributed by atoms with van der Waals surface area (Å²) in [6, 6.07) is 11.7. The Bertz CT molecular complexity index is 898. The highest BCUT2D eigenvalue weighted by molar-refractivity contribution is 7.92. The number of amides is 1. The van der Waals surface area contributed by atoms with Gasteiger partial charge in [-0.1, -0.05) is 17.7 Å². The number of sulfonamides is 1. The van der Waals surface area contributed by atoms with Gasteiger partial charge in [0.1, 0.15) is 5.75 Å². The van der Waals surface area contributed by atoms with Crippen LogP contribution in [0.15, 0.2) is 42.5 Å². The molecule has 2 aromatic rings. The van der Waals surface area contributed by atoms with Crippen LogP contribution in [0, 0.1) is 6.92 Å². The molecule has 0 saturated heterocycles. The monoisotopic (exact) mass is 396 g/mol. The highest BCUT2D eigenvalue weighted by atomic mass is 35.5. The number of nitrogens with zero attached hydrogens (tertiary/aromatic N) is 1. The molecular formula is C18H21ClN2O4S. The molecule has 1 N–H and O–H groups in total. The number of nitrogens with one attached hydrogen (secondary N) is 1. The van der Waals surface area contributed by atoms with Crippen LogP contribution in [0.1, 0.15) is 12.5 Å². The first kappa shape index (κ1) is 20.1. The Morgan fingerprint density at radius 3 is 2.38 bits per heavy atom. The van der Waals surface area contributed by atoms with E-state index in [9.17, 15) is 13.2 Å². The van der Waals surface area contributed by atoms with E-state index in [1.54, 1.807) is 43.3 Å². The molecule has 1 amide bonds. The van der Waals surface area contributed by atoms with Gasteiger partial charge >= 0.3 is 0 Å². The normalized spacial score (nSPS) is 12.3. The van der Waals surface area contributed by atoms with Gasteiger partial charge in [-0.3, -0.25) is 9.10 Å². The highest BCUT2D eigenvalue weighted by Crippen LogP contribution is 2.23. The van der Waals surface area contributed by atoms with E-state index < -0.39 is 16.1 Å². The van der Waals surface area contributed by atoms with Crippen LogP contribution in [0.4, 0.5) is 11.4 Å². The maximum atomic E-state index is 12.3. The lowest BCUT2D eigenvalue weighted by molar-refractivity contribution is -0.122. The summed E-state index contributed by atoms with van der Waals surface area (Å²) in [6.07, 6.45) is 0.383. The molecule has 0 aromatic heterocycles. The van der Waals surface area contributed by atoms with E-state index >= 15 is 0 Å². The molecule has 2 aromatic carbocycles.